The number of hydrogen-bond donors (Lipinski definition) is 0. The van der Waals surface area contributed by atoms with Crippen LogP contribution in [-0.4, -0.2) is 29.0 Å². The van der Waals surface area contributed by atoms with Crippen LogP contribution in [0.2, 0.25) is 0 Å². The lowest BCUT2D eigenvalue weighted by Crippen LogP contribution is -2.17. The number of halogens is 1. The first-order chi connectivity index (χ1) is 4.61. The van der Waals surface area contributed by atoms with Crippen molar-refractivity contribution in [2.45, 2.75) is 19.2 Å². The average molecular weight is 160 g/mol. The molecule has 0 aromatic carbocycles. The van der Waals surface area contributed by atoms with Crippen LogP contribution in [-0.2, 0) is 0 Å². The summed E-state index contributed by atoms with van der Waals surface area (Å²) in [6.45, 7) is 4.20. The minimum Gasteiger partial charge on any atom is -0.105 e. The van der Waals surface area contributed by atoms with E-state index in [1.165, 1.54) is 0 Å². The van der Waals surface area contributed by atoms with E-state index in [0.717, 1.165) is 5.71 Å². The van der Waals surface area contributed by atoms with Crippen LogP contribution >= 0.6 is 11.6 Å². The van der Waals surface area contributed by atoms with Crippen molar-refractivity contribution < 1.29 is 4.68 Å². The first-order valence-electron chi connectivity index (χ1n) is 3.41. The van der Waals surface area contributed by atoms with Gasteiger partial charge in [-0.2, -0.15) is 0 Å². The van der Waals surface area contributed by atoms with Crippen LogP contribution in [0.5, 0.6) is 0 Å². The first-order valence-corrected chi connectivity index (χ1v) is 3.85. The summed E-state index contributed by atoms with van der Waals surface area (Å²) >= 11 is 5.94. The quantitative estimate of drug-likeness (QED) is 0.405. The first kappa shape index (κ1) is 7.73. The van der Waals surface area contributed by atoms with Crippen molar-refractivity contribution in [3.63, 3.8) is 0 Å². The van der Waals surface area contributed by atoms with Gasteiger partial charge in [-0.05, 0) is 11.0 Å². The second-order valence-electron chi connectivity index (χ2n) is 2.80. The average Bonchev–Trinajstić information content (AvgIpc) is 2.10. The van der Waals surface area contributed by atoms with E-state index >= 15 is 0 Å². The Kier molecular flexibility index (Phi) is 2.09. The largest absolute Gasteiger partial charge is 0.196 e. The molecule has 1 heterocycles. The van der Waals surface area contributed by atoms with Crippen LogP contribution in [0.25, 0.3) is 0 Å². The Morgan fingerprint density at radius 3 is 2.50 bits per heavy atom. The molecule has 1 atom stereocenters. The molecule has 0 amide bonds. The third-order valence-corrected chi connectivity index (χ3v) is 1.83. The van der Waals surface area contributed by atoms with Crippen LogP contribution in [0.3, 0.4) is 0 Å². The monoisotopic (exact) mass is 159 g/mol. The van der Waals surface area contributed by atoms with Crippen LogP contribution in [0.1, 0.15) is 13.8 Å². The zero-order chi connectivity index (χ0) is 7.72. The third kappa shape index (κ3) is 1.37. The summed E-state index contributed by atoms with van der Waals surface area (Å²) in [6.07, 6.45) is 1.90. The molecule has 1 aliphatic rings. The summed E-state index contributed by atoms with van der Waals surface area (Å²) in [4.78, 5) is 0. The van der Waals surface area contributed by atoms with E-state index in [9.17, 15) is 0 Å². The zero-order valence-corrected chi connectivity index (χ0v) is 7.26. The lowest BCUT2D eigenvalue weighted by Gasteiger charge is -2.01. The number of nitrogens with zero attached hydrogens (tertiary/aromatic N) is 2. The SMILES string of the molecule is CC(C)C1=N[N+](C)=CC1Cl. The molecule has 0 radical (unpaired) electrons. The van der Waals surface area contributed by atoms with Gasteiger partial charge in [0.1, 0.15) is 5.71 Å². The fraction of sp³-hybridized carbons (Fsp3) is 0.714. The van der Waals surface area contributed by atoms with E-state index in [2.05, 4.69) is 18.9 Å². The minimum atomic E-state index is 0.00463. The summed E-state index contributed by atoms with van der Waals surface area (Å²) in [6, 6.07) is 0. The molecular formula is C7H12ClN2+. The standard InChI is InChI=1S/C7H12ClN2/c1-5(2)7-6(8)4-10(3)9-7/h4-6H,1-3H3/q+1. The molecule has 1 aliphatic heterocycles. The highest BCUT2D eigenvalue weighted by Crippen LogP contribution is 2.10. The molecule has 0 aromatic rings. The maximum atomic E-state index is 5.94. The van der Waals surface area contributed by atoms with Crippen molar-refractivity contribution >= 4 is 23.5 Å². The smallest absolute Gasteiger partial charge is 0.105 e. The number of hydrogen-bond acceptors (Lipinski definition) is 1. The maximum Gasteiger partial charge on any atom is 0.196 e. The van der Waals surface area contributed by atoms with Gasteiger partial charge in [0, 0.05) is 0 Å². The molecule has 0 spiro atoms. The molecule has 0 aromatic heterocycles. The predicted molar refractivity (Wildman–Crippen MR) is 44.2 cm³/mol. The predicted octanol–water partition coefficient (Wildman–Crippen LogP) is 1.33. The van der Waals surface area contributed by atoms with Gasteiger partial charge in [-0.3, -0.25) is 0 Å². The number of rotatable bonds is 1. The lowest BCUT2D eigenvalue weighted by atomic mass is 10.1. The summed E-state index contributed by atoms with van der Waals surface area (Å²) in [5.74, 6) is 0.448. The van der Waals surface area contributed by atoms with Gasteiger partial charge < -0.3 is 0 Å². The van der Waals surface area contributed by atoms with Crippen molar-refractivity contribution in [1.29, 1.82) is 0 Å². The molecule has 0 N–H and O–H groups in total. The molecule has 10 heavy (non-hydrogen) atoms. The Bertz CT molecular complexity index is 194. The van der Waals surface area contributed by atoms with Gasteiger partial charge in [-0.15, -0.1) is 11.6 Å². The molecule has 1 rings (SSSR count). The highest BCUT2D eigenvalue weighted by atomic mass is 35.5. The van der Waals surface area contributed by atoms with Crippen molar-refractivity contribution in [1.82, 2.24) is 0 Å². The summed E-state index contributed by atoms with van der Waals surface area (Å²) < 4.78 is 1.77. The molecule has 0 fully saturated rings. The van der Waals surface area contributed by atoms with E-state index in [1.807, 2.05) is 13.3 Å². The van der Waals surface area contributed by atoms with Crippen LogP contribution in [0, 0.1) is 5.92 Å². The highest BCUT2D eigenvalue weighted by Gasteiger charge is 2.25. The second-order valence-corrected chi connectivity index (χ2v) is 3.27. The van der Waals surface area contributed by atoms with Crippen molar-refractivity contribution in [2.75, 3.05) is 7.05 Å². The van der Waals surface area contributed by atoms with Gasteiger partial charge in [0.05, 0.1) is 0 Å². The van der Waals surface area contributed by atoms with Crippen LogP contribution < -0.4 is 0 Å². The van der Waals surface area contributed by atoms with Gasteiger partial charge in [0.2, 0.25) is 0 Å². The summed E-state index contributed by atoms with van der Waals surface area (Å²) in [5.41, 5.74) is 1.06. The van der Waals surface area contributed by atoms with Crippen molar-refractivity contribution in [2.24, 2.45) is 11.0 Å². The zero-order valence-electron chi connectivity index (χ0n) is 6.50. The topological polar surface area (TPSA) is 15.4 Å². The number of alkyl halides is 1. The molecule has 0 saturated carbocycles. The van der Waals surface area contributed by atoms with Gasteiger partial charge in [-0.1, -0.05) is 18.5 Å². The fourth-order valence-corrected chi connectivity index (χ4v) is 1.43. The summed E-state index contributed by atoms with van der Waals surface area (Å²) in [5, 5.41) is 4.24. The maximum absolute atomic E-state index is 5.94. The second kappa shape index (κ2) is 2.70. The lowest BCUT2D eigenvalue weighted by molar-refractivity contribution is -0.494. The van der Waals surface area contributed by atoms with Crippen molar-refractivity contribution in [3.05, 3.63) is 0 Å². The Labute approximate surface area is 66.2 Å². The molecule has 56 valence electrons. The Balaban J connectivity index is 2.75. The van der Waals surface area contributed by atoms with E-state index in [1.54, 1.807) is 4.68 Å². The Morgan fingerprint density at radius 2 is 2.30 bits per heavy atom. The molecule has 2 nitrogen and oxygen atoms in total. The van der Waals surface area contributed by atoms with Gasteiger partial charge >= 0.3 is 0 Å². The van der Waals surface area contributed by atoms with Crippen molar-refractivity contribution in [3.8, 4) is 0 Å². The van der Waals surface area contributed by atoms with Crippen LogP contribution in [0.15, 0.2) is 5.10 Å². The van der Waals surface area contributed by atoms with Gasteiger partial charge in [-0.25, -0.2) is 0 Å². The molecule has 0 bridgehead atoms. The summed E-state index contributed by atoms with van der Waals surface area (Å²) in [7, 11) is 1.89. The Morgan fingerprint density at radius 1 is 1.70 bits per heavy atom. The molecule has 3 heteroatoms. The van der Waals surface area contributed by atoms with E-state index in [4.69, 9.17) is 11.6 Å². The minimum absolute atomic E-state index is 0.00463. The van der Waals surface area contributed by atoms with Gasteiger partial charge in [0.25, 0.3) is 0 Å². The molecule has 0 aliphatic carbocycles. The van der Waals surface area contributed by atoms with Crippen LogP contribution in [0.4, 0.5) is 0 Å². The van der Waals surface area contributed by atoms with E-state index < -0.39 is 0 Å². The fourth-order valence-electron chi connectivity index (χ4n) is 0.970. The highest BCUT2D eigenvalue weighted by molar-refractivity contribution is 6.40. The molecule has 0 saturated heterocycles. The van der Waals surface area contributed by atoms with E-state index in [-0.39, 0.29) is 5.38 Å². The molecular weight excluding hydrogens is 148 g/mol. The molecule has 1 unspecified atom stereocenters. The third-order valence-electron chi connectivity index (χ3n) is 1.49. The normalized spacial score (nSPS) is 25.1. The Hall–Kier alpha value is -0.370. The van der Waals surface area contributed by atoms with Gasteiger partial charge in [0.15, 0.2) is 18.6 Å². The number of hydrazone groups is 1. The van der Waals surface area contributed by atoms with E-state index in [0.29, 0.717) is 5.92 Å².